The third-order valence-corrected chi connectivity index (χ3v) is 2.50. The molecule has 0 radical (unpaired) electrons. The summed E-state index contributed by atoms with van der Waals surface area (Å²) >= 11 is 3.31. The first kappa shape index (κ1) is 9.92. The van der Waals surface area contributed by atoms with Crippen LogP contribution in [0.25, 0.3) is 11.3 Å². The highest BCUT2D eigenvalue weighted by atomic mass is 79.9. The lowest BCUT2D eigenvalue weighted by atomic mass is 10.1. The lowest BCUT2D eigenvalue weighted by Gasteiger charge is -1.98. The predicted octanol–water partition coefficient (Wildman–Crippen LogP) is 2.54. The second-order valence-corrected chi connectivity index (χ2v) is 3.85. The SMILES string of the molecule is O=C(O)c1[nH]cnc1-c1ccc(Br)cc1. The molecule has 0 aliphatic rings. The number of H-pyrrole nitrogens is 1. The Morgan fingerprint density at radius 2 is 2.00 bits per heavy atom. The average molecular weight is 267 g/mol. The third kappa shape index (κ3) is 1.92. The van der Waals surface area contributed by atoms with Crippen LogP contribution in [0.4, 0.5) is 0 Å². The number of hydrogen-bond acceptors (Lipinski definition) is 2. The van der Waals surface area contributed by atoms with E-state index in [1.54, 1.807) is 0 Å². The monoisotopic (exact) mass is 266 g/mol. The number of halogens is 1. The van der Waals surface area contributed by atoms with Gasteiger partial charge in [-0.2, -0.15) is 0 Å². The molecule has 5 heteroatoms. The fourth-order valence-corrected chi connectivity index (χ4v) is 1.55. The van der Waals surface area contributed by atoms with Crippen molar-refractivity contribution in [3.8, 4) is 11.3 Å². The summed E-state index contributed by atoms with van der Waals surface area (Å²) in [6.45, 7) is 0. The molecule has 0 bridgehead atoms. The Hall–Kier alpha value is -1.62. The van der Waals surface area contributed by atoms with Crippen molar-refractivity contribution < 1.29 is 9.90 Å². The van der Waals surface area contributed by atoms with Crippen LogP contribution in [0.5, 0.6) is 0 Å². The molecule has 0 aliphatic heterocycles. The van der Waals surface area contributed by atoms with Crippen molar-refractivity contribution in [3.05, 3.63) is 40.8 Å². The minimum atomic E-state index is -1.01. The number of carbonyl (C=O) groups is 1. The molecule has 0 saturated carbocycles. The van der Waals surface area contributed by atoms with E-state index in [4.69, 9.17) is 5.11 Å². The van der Waals surface area contributed by atoms with Gasteiger partial charge < -0.3 is 10.1 Å². The molecule has 0 amide bonds. The molecular weight excluding hydrogens is 260 g/mol. The molecular formula is C10H7BrN2O2. The lowest BCUT2D eigenvalue weighted by molar-refractivity contribution is 0.0692. The Labute approximate surface area is 94.1 Å². The van der Waals surface area contributed by atoms with E-state index < -0.39 is 5.97 Å². The van der Waals surface area contributed by atoms with Crippen LogP contribution in [0.1, 0.15) is 10.5 Å². The van der Waals surface area contributed by atoms with Crippen LogP contribution >= 0.6 is 15.9 Å². The van der Waals surface area contributed by atoms with E-state index in [1.807, 2.05) is 24.3 Å². The minimum absolute atomic E-state index is 0.109. The largest absolute Gasteiger partial charge is 0.477 e. The van der Waals surface area contributed by atoms with E-state index >= 15 is 0 Å². The van der Waals surface area contributed by atoms with Gasteiger partial charge in [-0.15, -0.1) is 0 Å². The number of imidazole rings is 1. The van der Waals surface area contributed by atoms with Gasteiger partial charge >= 0.3 is 5.97 Å². The highest BCUT2D eigenvalue weighted by molar-refractivity contribution is 9.10. The van der Waals surface area contributed by atoms with Crippen molar-refractivity contribution in [1.29, 1.82) is 0 Å². The number of aromatic amines is 1. The first-order valence-electron chi connectivity index (χ1n) is 4.21. The van der Waals surface area contributed by atoms with Gasteiger partial charge in [-0.05, 0) is 12.1 Å². The van der Waals surface area contributed by atoms with Crippen LogP contribution < -0.4 is 0 Å². The van der Waals surface area contributed by atoms with Crippen molar-refractivity contribution in [2.75, 3.05) is 0 Å². The lowest BCUT2D eigenvalue weighted by Crippen LogP contribution is -1.98. The van der Waals surface area contributed by atoms with Gasteiger partial charge in [-0.1, -0.05) is 28.1 Å². The molecule has 1 aromatic carbocycles. The zero-order valence-electron chi connectivity index (χ0n) is 7.57. The third-order valence-electron chi connectivity index (χ3n) is 1.97. The fraction of sp³-hybridized carbons (Fsp3) is 0. The van der Waals surface area contributed by atoms with Gasteiger partial charge in [0.15, 0.2) is 5.69 Å². The van der Waals surface area contributed by atoms with Crippen LogP contribution in [0.15, 0.2) is 35.1 Å². The molecule has 2 aromatic rings. The normalized spacial score (nSPS) is 10.2. The van der Waals surface area contributed by atoms with Crippen LogP contribution in [-0.4, -0.2) is 21.0 Å². The molecule has 0 spiro atoms. The molecule has 0 atom stereocenters. The average Bonchev–Trinajstić information content (AvgIpc) is 2.67. The predicted molar refractivity (Wildman–Crippen MR) is 58.7 cm³/mol. The summed E-state index contributed by atoms with van der Waals surface area (Å²) in [6.07, 6.45) is 1.38. The fourth-order valence-electron chi connectivity index (χ4n) is 1.28. The zero-order chi connectivity index (χ0) is 10.8. The van der Waals surface area contributed by atoms with Crippen molar-refractivity contribution in [2.45, 2.75) is 0 Å². The number of hydrogen-bond donors (Lipinski definition) is 2. The molecule has 2 rings (SSSR count). The Morgan fingerprint density at radius 1 is 1.33 bits per heavy atom. The first-order chi connectivity index (χ1) is 7.18. The Bertz CT molecular complexity index is 490. The summed E-state index contributed by atoms with van der Waals surface area (Å²) in [4.78, 5) is 17.4. The van der Waals surface area contributed by atoms with Crippen LogP contribution in [0, 0.1) is 0 Å². The van der Waals surface area contributed by atoms with Crippen molar-refractivity contribution in [1.82, 2.24) is 9.97 Å². The highest BCUT2D eigenvalue weighted by Crippen LogP contribution is 2.22. The summed E-state index contributed by atoms with van der Waals surface area (Å²) in [5.74, 6) is -1.01. The van der Waals surface area contributed by atoms with Crippen LogP contribution in [0.2, 0.25) is 0 Å². The molecule has 0 aliphatic carbocycles. The number of nitrogens with zero attached hydrogens (tertiary/aromatic N) is 1. The molecule has 0 unspecified atom stereocenters. The molecule has 2 N–H and O–H groups in total. The number of carboxylic acid groups (broad SMARTS) is 1. The van der Waals surface area contributed by atoms with Gasteiger partial charge in [-0.3, -0.25) is 0 Å². The van der Waals surface area contributed by atoms with Gasteiger partial charge in [0.2, 0.25) is 0 Å². The van der Waals surface area contributed by atoms with E-state index in [0.717, 1.165) is 10.0 Å². The van der Waals surface area contributed by atoms with Crippen LogP contribution in [0.3, 0.4) is 0 Å². The summed E-state index contributed by atoms with van der Waals surface area (Å²) < 4.78 is 0.943. The van der Waals surface area contributed by atoms with Crippen molar-refractivity contribution >= 4 is 21.9 Å². The number of nitrogens with one attached hydrogen (secondary N) is 1. The molecule has 0 saturated heterocycles. The smallest absolute Gasteiger partial charge is 0.354 e. The molecule has 1 heterocycles. The second-order valence-electron chi connectivity index (χ2n) is 2.94. The van der Waals surface area contributed by atoms with Crippen molar-refractivity contribution in [3.63, 3.8) is 0 Å². The van der Waals surface area contributed by atoms with E-state index in [2.05, 4.69) is 25.9 Å². The van der Waals surface area contributed by atoms with Crippen LogP contribution in [-0.2, 0) is 0 Å². The van der Waals surface area contributed by atoms with E-state index in [0.29, 0.717) is 5.69 Å². The van der Waals surface area contributed by atoms with Crippen molar-refractivity contribution in [2.24, 2.45) is 0 Å². The maximum absolute atomic E-state index is 10.8. The molecule has 0 fully saturated rings. The standard InChI is InChI=1S/C10H7BrN2O2/c11-7-3-1-6(2-4-7)8-9(10(14)15)13-5-12-8/h1-5H,(H,12,13)(H,14,15). The van der Waals surface area contributed by atoms with E-state index in [-0.39, 0.29) is 5.69 Å². The van der Waals surface area contributed by atoms with Gasteiger partial charge in [0.05, 0.1) is 6.33 Å². The van der Waals surface area contributed by atoms with Gasteiger partial charge in [0.25, 0.3) is 0 Å². The number of benzene rings is 1. The number of aromatic nitrogens is 2. The number of rotatable bonds is 2. The number of aromatic carboxylic acids is 1. The summed E-state index contributed by atoms with van der Waals surface area (Å²) in [5.41, 5.74) is 1.34. The Kier molecular flexibility index (Phi) is 2.55. The second kappa shape index (κ2) is 3.86. The maximum atomic E-state index is 10.8. The Balaban J connectivity index is 2.49. The maximum Gasteiger partial charge on any atom is 0.354 e. The summed E-state index contributed by atoms with van der Waals surface area (Å²) in [7, 11) is 0. The minimum Gasteiger partial charge on any atom is -0.477 e. The molecule has 15 heavy (non-hydrogen) atoms. The molecule has 76 valence electrons. The number of carboxylic acids is 1. The van der Waals surface area contributed by atoms with E-state index in [9.17, 15) is 4.79 Å². The quantitative estimate of drug-likeness (QED) is 0.878. The van der Waals surface area contributed by atoms with Gasteiger partial charge in [-0.25, -0.2) is 9.78 Å². The first-order valence-corrected chi connectivity index (χ1v) is 5.00. The van der Waals surface area contributed by atoms with E-state index in [1.165, 1.54) is 6.33 Å². The Morgan fingerprint density at radius 3 is 2.60 bits per heavy atom. The van der Waals surface area contributed by atoms with Gasteiger partial charge in [0.1, 0.15) is 5.69 Å². The highest BCUT2D eigenvalue weighted by Gasteiger charge is 2.13. The molecule has 1 aromatic heterocycles. The topological polar surface area (TPSA) is 66.0 Å². The summed E-state index contributed by atoms with van der Waals surface area (Å²) in [5, 5.41) is 8.89. The summed E-state index contributed by atoms with van der Waals surface area (Å²) in [6, 6.07) is 7.31. The zero-order valence-corrected chi connectivity index (χ0v) is 9.15. The van der Waals surface area contributed by atoms with Gasteiger partial charge in [0, 0.05) is 10.0 Å². The molecule has 4 nitrogen and oxygen atoms in total.